The van der Waals surface area contributed by atoms with Crippen LogP contribution in [0.2, 0.25) is 0 Å². The zero-order valence-electron chi connectivity index (χ0n) is 8.53. The van der Waals surface area contributed by atoms with E-state index in [1.807, 2.05) is 0 Å². The monoisotopic (exact) mass is 174 g/mol. The number of rotatable bonds is 0. The maximum absolute atomic E-state index is 2.58. The molecule has 4 bridgehead atoms. The Labute approximate surface area is 80.1 Å². The molecule has 0 aromatic carbocycles. The molecule has 5 aliphatic rings. The second-order valence-electron chi connectivity index (χ2n) is 6.78. The van der Waals surface area contributed by atoms with Crippen molar-refractivity contribution in [1.82, 2.24) is 0 Å². The van der Waals surface area contributed by atoms with Gasteiger partial charge >= 0.3 is 0 Å². The summed E-state index contributed by atoms with van der Waals surface area (Å²) in [4.78, 5) is 0. The third-order valence-corrected chi connectivity index (χ3v) is 7.31. The number of hydrogen-bond acceptors (Lipinski definition) is 0. The summed E-state index contributed by atoms with van der Waals surface area (Å²) in [7, 11) is 0. The van der Waals surface area contributed by atoms with Crippen molar-refractivity contribution in [3.8, 4) is 0 Å². The van der Waals surface area contributed by atoms with Gasteiger partial charge in [-0.05, 0) is 65.6 Å². The van der Waals surface area contributed by atoms with Crippen LogP contribution < -0.4 is 0 Å². The van der Waals surface area contributed by atoms with E-state index in [1.54, 1.807) is 12.8 Å². The molecule has 9 unspecified atom stereocenters. The molecule has 0 N–H and O–H groups in total. The van der Waals surface area contributed by atoms with Crippen molar-refractivity contribution in [2.24, 2.45) is 52.8 Å². The molecule has 0 aliphatic heterocycles. The average Bonchev–Trinajstić information content (AvgIpc) is 2.36. The van der Waals surface area contributed by atoms with Crippen molar-refractivity contribution in [2.45, 2.75) is 26.7 Å². The van der Waals surface area contributed by atoms with Crippen LogP contribution >= 0.6 is 0 Å². The first-order chi connectivity index (χ1) is 6.28. The third-order valence-electron chi connectivity index (χ3n) is 7.31. The standard InChI is InChI=1S/C13H18/c1-5-7-3-8-9(4-7)13-6(2)10(8)12(13)11(5)13/h5-12H,3-4H2,1-2H3. The van der Waals surface area contributed by atoms with E-state index >= 15 is 0 Å². The third kappa shape index (κ3) is 0.357. The van der Waals surface area contributed by atoms with Crippen LogP contribution in [0.4, 0.5) is 0 Å². The summed E-state index contributed by atoms with van der Waals surface area (Å²) in [5.74, 6) is 9.54. The fourth-order valence-corrected chi connectivity index (χ4v) is 7.28. The Morgan fingerprint density at radius 1 is 1.08 bits per heavy atom. The fraction of sp³-hybridized carbons (Fsp3) is 1.00. The van der Waals surface area contributed by atoms with Gasteiger partial charge in [-0.3, -0.25) is 0 Å². The minimum atomic E-state index is 0.960. The molecule has 0 amide bonds. The van der Waals surface area contributed by atoms with E-state index in [0.717, 1.165) is 23.2 Å². The summed E-state index contributed by atoms with van der Waals surface area (Å²) < 4.78 is 0. The first-order valence-corrected chi connectivity index (χ1v) is 6.28. The highest BCUT2D eigenvalue weighted by Crippen LogP contribution is 2.96. The molecule has 0 heterocycles. The molecule has 0 nitrogen and oxygen atoms in total. The molecule has 1 spiro atoms. The minimum absolute atomic E-state index is 0.960. The van der Waals surface area contributed by atoms with Crippen LogP contribution in [-0.2, 0) is 0 Å². The van der Waals surface area contributed by atoms with Gasteiger partial charge in [-0.1, -0.05) is 13.8 Å². The van der Waals surface area contributed by atoms with Gasteiger partial charge in [0.2, 0.25) is 0 Å². The van der Waals surface area contributed by atoms with Crippen molar-refractivity contribution in [1.29, 1.82) is 0 Å². The molecule has 0 aromatic heterocycles. The number of fused-ring (bicyclic) bond motifs is 2. The average molecular weight is 174 g/mol. The maximum atomic E-state index is 2.58. The van der Waals surface area contributed by atoms with Gasteiger partial charge in [-0.25, -0.2) is 0 Å². The van der Waals surface area contributed by atoms with Gasteiger partial charge in [-0.15, -0.1) is 0 Å². The molecule has 5 rings (SSSR count). The zero-order chi connectivity index (χ0) is 8.53. The molecule has 70 valence electrons. The van der Waals surface area contributed by atoms with E-state index in [9.17, 15) is 0 Å². The smallest absolute Gasteiger partial charge is 0.0170 e. The molecule has 13 heavy (non-hydrogen) atoms. The van der Waals surface area contributed by atoms with Crippen molar-refractivity contribution in [3.63, 3.8) is 0 Å². The van der Waals surface area contributed by atoms with Crippen molar-refractivity contribution in [2.75, 3.05) is 0 Å². The van der Waals surface area contributed by atoms with Crippen molar-refractivity contribution in [3.05, 3.63) is 0 Å². The topological polar surface area (TPSA) is 0 Å². The van der Waals surface area contributed by atoms with Crippen LogP contribution in [-0.4, -0.2) is 0 Å². The van der Waals surface area contributed by atoms with Crippen LogP contribution in [0.15, 0.2) is 0 Å². The van der Waals surface area contributed by atoms with Crippen molar-refractivity contribution < 1.29 is 0 Å². The van der Waals surface area contributed by atoms with Crippen LogP contribution in [0, 0.1) is 52.8 Å². The van der Waals surface area contributed by atoms with E-state index in [-0.39, 0.29) is 0 Å². The molecule has 9 atom stereocenters. The van der Waals surface area contributed by atoms with Crippen LogP contribution in [0.5, 0.6) is 0 Å². The summed E-state index contributed by atoms with van der Waals surface area (Å²) in [6.45, 7) is 5.15. The van der Waals surface area contributed by atoms with E-state index < -0.39 is 0 Å². The van der Waals surface area contributed by atoms with Gasteiger partial charge in [0.1, 0.15) is 0 Å². The second-order valence-corrected chi connectivity index (χ2v) is 6.78. The largest absolute Gasteiger partial charge is 0.0619 e. The summed E-state index contributed by atoms with van der Waals surface area (Å²) >= 11 is 0. The van der Waals surface area contributed by atoms with Crippen LogP contribution in [0.1, 0.15) is 26.7 Å². The summed E-state index contributed by atoms with van der Waals surface area (Å²) in [6, 6.07) is 0. The van der Waals surface area contributed by atoms with Gasteiger partial charge in [0.25, 0.3) is 0 Å². The van der Waals surface area contributed by atoms with Crippen molar-refractivity contribution >= 4 is 0 Å². The van der Waals surface area contributed by atoms with E-state index in [2.05, 4.69) is 13.8 Å². The summed E-state index contributed by atoms with van der Waals surface area (Å²) in [5, 5.41) is 0. The highest BCUT2D eigenvalue weighted by molar-refractivity contribution is 5.38. The first-order valence-electron chi connectivity index (χ1n) is 6.28. The summed E-state index contributed by atoms with van der Waals surface area (Å²) in [5.41, 5.74) is 0.960. The molecule has 5 aliphatic carbocycles. The van der Waals surface area contributed by atoms with Crippen LogP contribution in [0.25, 0.3) is 0 Å². The van der Waals surface area contributed by atoms with Gasteiger partial charge in [0, 0.05) is 0 Å². The molecular formula is C13H18. The van der Waals surface area contributed by atoms with E-state index in [0.29, 0.717) is 0 Å². The van der Waals surface area contributed by atoms with Gasteiger partial charge < -0.3 is 0 Å². The Kier molecular flexibility index (Phi) is 0.707. The number of hydrogen-bond donors (Lipinski definition) is 0. The first kappa shape index (κ1) is 6.48. The lowest BCUT2D eigenvalue weighted by atomic mass is 9.66. The molecule has 0 heteroatoms. The van der Waals surface area contributed by atoms with E-state index in [4.69, 9.17) is 0 Å². The molecule has 0 aromatic rings. The Balaban J connectivity index is 1.80. The lowest BCUT2D eigenvalue weighted by Gasteiger charge is -2.38. The lowest BCUT2D eigenvalue weighted by molar-refractivity contribution is 0.0894. The Bertz CT molecular complexity index is 318. The normalized spacial score (nSPS) is 85.4. The predicted molar refractivity (Wildman–Crippen MR) is 50.9 cm³/mol. The quantitative estimate of drug-likeness (QED) is 0.530. The molecular weight excluding hydrogens is 156 g/mol. The zero-order valence-corrected chi connectivity index (χ0v) is 8.53. The predicted octanol–water partition coefficient (Wildman–Crippen LogP) is 2.79. The highest BCUT2D eigenvalue weighted by Gasteiger charge is 2.92. The van der Waals surface area contributed by atoms with Gasteiger partial charge in [0.15, 0.2) is 0 Å². The minimum Gasteiger partial charge on any atom is -0.0619 e. The fourth-order valence-electron chi connectivity index (χ4n) is 7.28. The molecule has 5 fully saturated rings. The molecule has 0 saturated heterocycles. The Morgan fingerprint density at radius 3 is 2.77 bits per heavy atom. The van der Waals surface area contributed by atoms with Gasteiger partial charge in [-0.2, -0.15) is 0 Å². The summed E-state index contributed by atoms with van der Waals surface area (Å²) in [6.07, 6.45) is 3.27. The SMILES string of the molecule is CC1C2CC3C4C(C)C5(C3C2)C1C45. The van der Waals surface area contributed by atoms with Crippen LogP contribution in [0.3, 0.4) is 0 Å². The highest BCUT2D eigenvalue weighted by atomic mass is 15.0. The van der Waals surface area contributed by atoms with E-state index in [1.165, 1.54) is 29.6 Å². The molecule has 5 saturated carbocycles. The Hall–Kier alpha value is 0. The Morgan fingerprint density at radius 2 is 1.92 bits per heavy atom. The maximum Gasteiger partial charge on any atom is -0.0170 e. The second kappa shape index (κ2) is 1.42. The molecule has 0 radical (unpaired) electrons. The lowest BCUT2D eigenvalue weighted by Crippen LogP contribution is -2.34. The van der Waals surface area contributed by atoms with Gasteiger partial charge in [0.05, 0.1) is 0 Å².